The normalized spacial score (nSPS) is 16.4. The lowest BCUT2D eigenvalue weighted by Gasteiger charge is -2.34. The molecular formula is C24H30N4O3S. The fourth-order valence-corrected chi connectivity index (χ4v) is 5.46. The van der Waals surface area contributed by atoms with Crippen LogP contribution in [-0.2, 0) is 21.2 Å². The van der Waals surface area contributed by atoms with Gasteiger partial charge in [0.05, 0.1) is 15.9 Å². The third-order valence-corrected chi connectivity index (χ3v) is 8.22. The largest absolute Gasteiger partial charge is 0.342 e. The second-order valence-electron chi connectivity index (χ2n) is 8.36. The van der Waals surface area contributed by atoms with Gasteiger partial charge >= 0.3 is 0 Å². The number of carbonyl (C=O) groups is 1. The van der Waals surface area contributed by atoms with Crippen molar-refractivity contribution in [2.75, 3.05) is 26.2 Å². The average molecular weight is 455 g/mol. The number of hydrogen-bond donors (Lipinski definition) is 1. The summed E-state index contributed by atoms with van der Waals surface area (Å²) in [7, 11) is -3.55. The molecule has 1 aliphatic rings. The van der Waals surface area contributed by atoms with Gasteiger partial charge < -0.3 is 9.88 Å². The number of piperazine rings is 1. The third kappa shape index (κ3) is 4.71. The summed E-state index contributed by atoms with van der Waals surface area (Å²) in [6.07, 6.45) is 1.90. The number of hydrogen-bond acceptors (Lipinski definition) is 4. The van der Waals surface area contributed by atoms with E-state index in [1.54, 1.807) is 17.0 Å². The maximum atomic E-state index is 13.0. The minimum atomic E-state index is -3.55. The maximum Gasteiger partial charge on any atom is 0.243 e. The number of nitrogens with zero attached hydrogens (tertiary/aromatic N) is 3. The van der Waals surface area contributed by atoms with Crippen molar-refractivity contribution in [2.24, 2.45) is 0 Å². The Labute approximate surface area is 189 Å². The van der Waals surface area contributed by atoms with E-state index in [1.165, 1.54) is 4.31 Å². The van der Waals surface area contributed by atoms with Crippen LogP contribution in [0.15, 0.2) is 53.4 Å². The number of carbonyl (C=O) groups excluding carboxylic acids is 1. The molecule has 0 bridgehead atoms. The van der Waals surface area contributed by atoms with Gasteiger partial charge in [0.15, 0.2) is 0 Å². The number of imidazole rings is 1. The minimum absolute atomic E-state index is 0.0282. The zero-order valence-electron chi connectivity index (χ0n) is 18.6. The molecule has 8 heteroatoms. The number of amides is 1. The summed E-state index contributed by atoms with van der Waals surface area (Å²) in [6, 6.07) is 15.0. The molecule has 1 atom stereocenters. The van der Waals surface area contributed by atoms with Crippen LogP contribution in [0.3, 0.4) is 0 Å². The molecule has 0 radical (unpaired) electrons. The lowest BCUT2D eigenvalue weighted by molar-refractivity contribution is -0.132. The van der Waals surface area contributed by atoms with E-state index < -0.39 is 10.0 Å². The summed E-state index contributed by atoms with van der Waals surface area (Å²) >= 11 is 0. The average Bonchev–Trinajstić information content (AvgIpc) is 3.25. The SMILES string of the molecule is CCC(C)c1ccc(S(=O)(=O)N2CCN(C(=O)CCc3nc4ccccc4[nH]3)CC2)cc1. The molecule has 170 valence electrons. The first-order chi connectivity index (χ1) is 15.4. The van der Waals surface area contributed by atoms with Crippen molar-refractivity contribution in [3.8, 4) is 0 Å². The molecule has 1 fully saturated rings. The molecule has 2 heterocycles. The van der Waals surface area contributed by atoms with Crippen LogP contribution in [0.25, 0.3) is 11.0 Å². The molecule has 1 saturated heterocycles. The third-order valence-electron chi connectivity index (χ3n) is 6.30. The van der Waals surface area contributed by atoms with E-state index in [0.29, 0.717) is 49.8 Å². The zero-order chi connectivity index (χ0) is 22.7. The number of sulfonamides is 1. The number of rotatable bonds is 7. The fourth-order valence-electron chi connectivity index (χ4n) is 4.04. The van der Waals surface area contributed by atoms with Gasteiger partial charge in [-0.2, -0.15) is 4.31 Å². The van der Waals surface area contributed by atoms with Gasteiger partial charge in [0.2, 0.25) is 15.9 Å². The summed E-state index contributed by atoms with van der Waals surface area (Å²) < 4.78 is 27.5. The number of aryl methyl sites for hydroxylation is 1. The Hall–Kier alpha value is -2.71. The van der Waals surface area contributed by atoms with Crippen molar-refractivity contribution in [3.05, 3.63) is 59.9 Å². The maximum absolute atomic E-state index is 13.0. The highest BCUT2D eigenvalue weighted by atomic mass is 32.2. The van der Waals surface area contributed by atoms with E-state index in [0.717, 1.165) is 28.8 Å². The molecule has 1 amide bonds. The van der Waals surface area contributed by atoms with Crippen LogP contribution in [-0.4, -0.2) is 59.7 Å². The van der Waals surface area contributed by atoms with Crippen LogP contribution >= 0.6 is 0 Å². The predicted molar refractivity (Wildman–Crippen MR) is 125 cm³/mol. The highest BCUT2D eigenvalue weighted by Crippen LogP contribution is 2.23. The molecule has 0 aliphatic carbocycles. The van der Waals surface area contributed by atoms with Gasteiger partial charge in [0.1, 0.15) is 5.82 Å². The number of aromatic amines is 1. The number of nitrogens with one attached hydrogen (secondary N) is 1. The Morgan fingerprint density at radius 1 is 1.06 bits per heavy atom. The van der Waals surface area contributed by atoms with E-state index in [2.05, 4.69) is 23.8 Å². The van der Waals surface area contributed by atoms with Crippen LogP contribution in [0.1, 0.15) is 44.0 Å². The first-order valence-electron chi connectivity index (χ1n) is 11.2. The molecule has 3 aromatic rings. The Kier molecular flexibility index (Phi) is 6.62. The van der Waals surface area contributed by atoms with Gasteiger partial charge in [-0.25, -0.2) is 13.4 Å². The molecular weight excluding hydrogens is 424 g/mol. The summed E-state index contributed by atoms with van der Waals surface area (Å²) in [4.78, 5) is 22.5. The zero-order valence-corrected chi connectivity index (χ0v) is 19.4. The Bertz CT molecular complexity index is 1150. The van der Waals surface area contributed by atoms with Gasteiger partial charge in [0, 0.05) is 39.0 Å². The van der Waals surface area contributed by atoms with Gasteiger partial charge in [-0.3, -0.25) is 4.79 Å². The van der Waals surface area contributed by atoms with Gasteiger partial charge in [0.25, 0.3) is 0 Å². The number of fused-ring (bicyclic) bond motifs is 1. The summed E-state index contributed by atoms with van der Waals surface area (Å²) in [5.74, 6) is 1.22. The number of aromatic nitrogens is 2. The van der Waals surface area contributed by atoms with Crippen LogP contribution in [0.2, 0.25) is 0 Å². The lowest BCUT2D eigenvalue weighted by Crippen LogP contribution is -2.50. The molecule has 1 unspecified atom stereocenters. The van der Waals surface area contributed by atoms with Crippen LogP contribution < -0.4 is 0 Å². The Balaban J connectivity index is 1.32. The summed E-state index contributed by atoms with van der Waals surface area (Å²) in [5, 5.41) is 0. The van der Waals surface area contributed by atoms with E-state index >= 15 is 0 Å². The molecule has 0 saturated carbocycles. The molecule has 32 heavy (non-hydrogen) atoms. The molecule has 4 rings (SSSR count). The van der Waals surface area contributed by atoms with Gasteiger partial charge in [-0.05, 0) is 42.2 Å². The summed E-state index contributed by atoms with van der Waals surface area (Å²) in [5.41, 5.74) is 3.00. The number of benzene rings is 2. The molecule has 2 aromatic carbocycles. The van der Waals surface area contributed by atoms with Gasteiger partial charge in [-0.15, -0.1) is 0 Å². The highest BCUT2D eigenvalue weighted by Gasteiger charge is 2.30. The minimum Gasteiger partial charge on any atom is -0.342 e. The molecule has 1 N–H and O–H groups in total. The topological polar surface area (TPSA) is 86.4 Å². The van der Waals surface area contributed by atoms with E-state index in [-0.39, 0.29) is 5.91 Å². The van der Waals surface area contributed by atoms with Gasteiger partial charge in [-0.1, -0.05) is 38.1 Å². The van der Waals surface area contributed by atoms with Crippen LogP contribution in [0, 0.1) is 0 Å². The monoisotopic (exact) mass is 454 g/mol. The first kappa shape index (κ1) is 22.5. The molecule has 7 nitrogen and oxygen atoms in total. The lowest BCUT2D eigenvalue weighted by atomic mass is 9.99. The predicted octanol–water partition coefficient (Wildman–Crippen LogP) is 3.54. The molecule has 1 aliphatic heterocycles. The number of para-hydroxylation sites is 2. The standard InChI is InChI=1S/C24H30N4O3S/c1-3-18(2)19-8-10-20(11-9-19)32(30,31)28-16-14-27(15-17-28)24(29)13-12-23-25-21-6-4-5-7-22(21)26-23/h4-11,18H,3,12-17H2,1-2H3,(H,25,26). The van der Waals surface area contributed by atoms with Crippen molar-refractivity contribution < 1.29 is 13.2 Å². The van der Waals surface area contributed by atoms with Crippen molar-refractivity contribution in [2.45, 2.75) is 43.9 Å². The Morgan fingerprint density at radius 2 is 1.75 bits per heavy atom. The van der Waals surface area contributed by atoms with E-state index in [4.69, 9.17) is 0 Å². The van der Waals surface area contributed by atoms with Crippen LogP contribution in [0.4, 0.5) is 0 Å². The Morgan fingerprint density at radius 3 is 2.41 bits per heavy atom. The van der Waals surface area contributed by atoms with Crippen molar-refractivity contribution >= 4 is 27.0 Å². The highest BCUT2D eigenvalue weighted by molar-refractivity contribution is 7.89. The van der Waals surface area contributed by atoms with Crippen molar-refractivity contribution in [3.63, 3.8) is 0 Å². The smallest absolute Gasteiger partial charge is 0.243 e. The van der Waals surface area contributed by atoms with Crippen molar-refractivity contribution in [1.29, 1.82) is 0 Å². The van der Waals surface area contributed by atoms with Crippen molar-refractivity contribution in [1.82, 2.24) is 19.2 Å². The summed E-state index contributed by atoms with van der Waals surface area (Å²) in [6.45, 7) is 5.69. The second-order valence-corrected chi connectivity index (χ2v) is 10.3. The molecule has 1 aromatic heterocycles. The fraction of sp³-hybridized carbons (Fsp3) is 0.417. The van der Waals surface area contributed by atoms with E-state index in [1.807, 2.05) is 36.4 Å². The quantitative estimate of drug-likeness (QED) is 0.592. The van der Waals surface area contributed by atoms with E-state index in [9.17, 15) is 13.2 Å². The second kappa shape index (κ2) is 9.42. The molecule has 0 spiro atoms. The number of H-pyrrole nitrogens is 1. The van der Waals surface area contributed by atoms with Crippen LogP contribution in [0.5, 0.6) is 0 Å². The first-order valence-corrected chi connectivity index (χ1v) is 12.6.